The predicted octanol–water partition coefficient (Wildman–Crippen LogP) is 6.90. The summed E-state index contributed by atoms with van der Waals surface area (Å²) < 4.78 is 0. The molecule has 2 aliphatic heterocycles. The number of hydrogen-bond acceptors (Lipinski definition) is 8. The van der Waals surface area contributed by atoms with Crippen LogP contribution in [0.25, 0.3) is 0 Å². The monoisotopic (exact) mass is 797 g/mol. The topological polar surface area (TPSA) is 163 Å². The lowest BCUT2D eigenvalue weighted by molar-refractivity contribution is -0.138. The molecule has 1 saturated heterocycles. The van der Waals surface area contributed by atoms with Crippen molar-refractivity contribution in [3.63, 3.8) is 0 Å². The van der Waals surface area contributed by atoms with E-state index in [-0.39, 0.29) is 48.6 Å². The number of nitrogens with one attached hydrogen (secondary N) is 2. The van der Waals surface area contributed by atoms with Crippen molar-refractivity contribution in [1.82, 2.24) is 10.6 Å². The molecule has 0 amide bonds. The van der Waals surface area contributed by atoms with Gasteiger partial charge in [-0.2, -0.15) is 0 Å². The van der Waals surface area contributed by atoms with Crippen molar-refractivity contribution in [2.45, 2.75) is 159 Å². The first kappa shape index (κ1) is 45.3. The number of fused-ring (bicyclic) bond motifs is 2. The number of carboxylic acids is 1. The molecule has 8 N–H and O–H groups in total. The minimum Gasteiger partial charge on any atom is -0.508 e. The van der Waals surface area contributed by atoms with E-state index in [1.54, 1.807) is 12.1 Å². The second-order valence-electron chi connectivity index (χ2n) is 17.1. The van der Waals surface area contributed by atoms with Gasteiger partial charge in [-0.15, -0.1) is 0 Å². The van der Waals surface area contributed by atoms with Crippen LogP contribution in [0.1, 0.15) is 120 Å². The quantitative estimate of drug-likeness (QED) is 0.0484. The Bertz CT molecular complexity index is 1760. The summed E-state index contributed by atoms with van der Waals surface area (Å²) in [5.74, 6) is 6.03. The van der Waals surface area contributed by atoms with Crippen LogP contribution in [0, 0.1) is 23.7 Å². The fraction of sp³-hybridized carbons (Fsp3) is 0.571. The third kappa shape index (κ3) is 13.4. The molecule has 2 aromatic carbocycles. The van der Waals surface area contributed by atoms with Crippen LogP contribution >= 0.6 is 0 Å². The Labute approximate surface area is 346 Å². The number of benzene rings is 2. The molecule has 0 radical (unpaired) electrons. The summed E-state index contributed by atoms with van der Waals surface area (Å²) in [5.41, 5.74) is 3.50. The lowest BCUT2D eigenvalue weighted by atomic mass is 9.73. The van der Waals surface area contributed by atoms with Gasteiger partial charge in [-0.1, -0.05) is 106 Å². The SMILES string of the molecule is CCCCC[C@H](O)C=CC1=C(C[C@H](O)CO)[C@H](CCC[C@H]2N[C@H](C)CCC[C@H]2CC(=O)O)N[C@@H]2[C@@H](C#Cc3ccccc3CC1)C=CC[C@]2(O)Cc1ccc(O)cc1. The summed E-state index contributed by atoms with van der Waals surface area (Å²) in [4.78, 5) is 12.0. The Morgan fingerprint density at radius 3 is 2.57 bits per heavy atom. The van der Waals surface area contributed by atoms with Gasteiger partial charge in [-0.3, -0.25) is 4.79 Å². The maximum absolute atomic E-state index is 12.8. The van der Waals surface area contributed by atoms with Gasteiger partial charge >= 0.3 is 5.97 Å². The number of phenols is 1. The minimum atomic E-state index is -1.27. The largest absolute Gasteiger partial charge is 0.508 e. The molecule has 1 aliphatic carbocycles. The minimum absolute atomic E-state index is 0.0178. The normalized spacial score (nSPS) is 27.6. The van der Waals surface area contributed by atoms with Crippen molar-refractivity contribution < 1.29 is 35.4 Å². The summed E-state index contributed by atoms with van der Waals surface area (Å²) >= 11 is 0. The van der Waals surface area contributed by atoms with Crippen LogP contribution in [0.3, 0.4) is 0 Å². The summed E-state index contributed by atoms with van der Waals surface area (Å²) in [6.45, 7) is 3.90. The smallest absolute Gasteiger partial charge is 0.303 e. The van der Waals surface area contributed by atoms with Crippen molar-refractivity contribution in [3.8, 4) is 17.6 Å². The molecule has 1 fully saturated rings. The summed E-state index contributed by atoms with van der Waals surface area (Å²) in [5, 5.41) is 73.0. The maximum atomic E-state index is 12.8. The highest BCUT2D eigenvalue weighted by Crippen LogP contribution is 2.36. The van der Waals surface area contributed by atoms with Crippen molar-refractivity contribution in [1.29, 1.82) is 0 Å². The van der Waals surface area contributed by atoms with E-state index in [0.717, 1.165) is 79.2 Å². The Morgan fingerprint density at radius 2 is 1.81 bits per heavy atom. The summed E-state index contributed by atoms with van der Waals surface area (Å²) in [6, 6.07) is 14.5. The number of carbonyl (C=O) groups is 1. The molecular formula is C49H68N2O7. The molecule has 0 spiro atoms. The molecule has 0 saturated carbocycles. The number of aliphatic carboxylic acids is 1. The van der Waals surface area contributed by atoms with Crippen LogP contribution in [0.2, 0.25) is 0 Å². The number of rotatable bonds is 17. The maximum Gasteiger partial charge on any atom is 0.303 e. The highest BCUT2D eigenvalue weighted by atomic mass is 16.4. The molecule has 0 aromatic heterocycles. The molecule has 0 unspecified atom stereocenters. The molecule has 5 rings (SSSR count). The fourth-order valence-corrected chi connectivity index (χ4v) is 9.29. The Balaban J connectivity index is 1.62. The van der Waals surface area contributed by atoms with Crippen LogP contribution in [-0.4, -0.2) is 85.2 Å². The highest BCUT2D eigenvalue weighted by molar-refractivity contribution is 5.67. The van der Waals surface area contributed by atoms with Gasteiger partial charge < -0.3 is 41.3 Å². The van der Waals surface area contributed by atoms with Gasteiger partial charge in [0.25, 0.3) is 0 Å². The zero-order valence-electron chi connectivity index (χ0n) is 34.7. The number of aliphatic hydroxyl groups is 4. The van der Waals surface area contributed by atoms with Crippen molar-refractivity contribution in [2.24, 2.45) is 11.8 Å². The number of carboxylic acid groups (broad SMARTS) is 1. The Hall–Kier alpha value is -3.75. The predicted molar refractivity (Wildman–Crippen MR) is 230 cm³/mol. The summed E-state index contributed by atoms with van der Waals surface area (Å²) in [7, 11) is 0. The second-order valence-corrected chi connectivity index (χ2v) is 17.1. The number of aryl methyl sites for hydroxylation is 1. The molecule has 58 heavy (non-hydrogen) atoms. The number of aromatic hydroxyl groups is 1. The van der Waals surface area contributed by atoms with Crippen LogP contribution in [0.5, 0.6) is 5.75 Å². The first-order valence-corrected chi connectivity index (χ1v) is 21.8. The standard InChI is InChI=1S/C49H68N2O7/c1-3-4-5-16-41(53)28-25-38-23-21-36-12-6-7-13-37(36)22-24-39-15-10-29-49(58,32-35-19-26-42(54)27-20-35)48(39)51-46(44(38)31-43(55)33-52)18-9-17-45-40(30-47(56)57)14-8-11-34(2)50-45/h6-7,10,12-13,15,19-20,25-28,34,39-41,43,45-46,48,50-55,58H,3-5,8-9,11,14,16-18,21,23,29-33H2,1-2H3,(H,56,57)/t34-,39-,40+,41+,43+,45-,46+,48-,49+/m1/s1. The van der Waals surface area contributed by atoms with Gasteiger partial charge in [0.1, 0.15) is 5.75 Å². The second kappa shape index (κ2) is 22.6. The average molecular weight is 797 g/mol. The number of aliphatic hydroxyl groups excluding tert-OH is 3. The van der Waals surface area contributed by atoms with E-state index in [4.69, 9.17) is 0 Å². The van der Waals surface area contributed by atoms with Gasteiger partial charge in [0.2, 0.25) is 0 Å². The van der Waals surface area contributed by atoms with Crippen LogP contribution < -0.4 is 10.6 Å². The molecule has 9 atom stereocenters. The van der Waals surface area contributed by atoms with Crippen molar-refractivity contribution in [3.05, 3.63) is 101 Å². The molecule has 0 bridgehead atoms. The molecule has 2 aromatic rings. The van der Waals surface area contributed by atoms with E-state index in [1.807, 2.05) is 48.6 Å². The van der Waals surface area contributed by atoms with E-state index in [9.17, 15) is 35.4 Å². The summed E-state index contributed by atoms with van der Waals surface area (Å²) in [6.07, 6.45) is 17.2. The van der Waals surface area contributed by atoms with Gasteiger partial charge in [0.05, 0.1) is 36.4 Å². The number of hydrogen-bond donors (Lipinski definition) is 8. The third-order valence-corrected chi connectivity index (χ3v) is 12.5. The number of allylic oxidation sites excluding steroid dienone is 2. The fourth-order valence-electron chi connectivity index (χ4n) is 9.29. The molecule has 2 heterocycles. The molecule has 9 nitrogen and oxygen atoms in total. The Kier molecular flexibility index (Phi) is 17.6. The van der Waals surface area contributed by atoms with E-state index in [1.165, 1.54) is 0 Å². The van der Waals surface area contributed by atoms with Gasteiger partial charge in [-0.25, -0.2) is 0 Å². The van der Waals surface area contributed by atoms with E-state index < -0.39 is 36.4 Å². The lowest BCUT2D eigenvalue weighted by Gasteiger charge is -2.44. The third-order valence-electron chi connectivity index (χ3n) is 12.5. The van der Waals surface area contributed by atoms with Crippen LogP contribution in [0.15, 0.2) is 84.0 Å². The van der Waals surface area contributed by atoms with Gasteiger partial charge in [-0.05, 0) is 111 Å². The lowest BCUT2D eigenvalue weighted by Crippen LogP contribution is -2.59. The van der Waals surface area contributed by atoms with E-state index >= 15 is 0 Å². The number of unbranched alkanes of at least 4 members (excludes halogenated alkanes) is 2. The van der Waals surface area contributed by atoms with Gasteiger partial charge in [0, 0.05) is 36.5 Å². The first-order valence-electron chi connectivity index (χ1n) is 21.8. The highest BCUT2D eigenvalue weighted by Gasteiger charge is 2.43. The first-order chi connectivity index (χ1) is 28.0. The zero-order chi connectivity index (χ0) is 41.5. The van der Waals surface area contributed by atoms with E-state index in [2.05, 4.69) is 48.5 Å². The van der Waals surface area contributed by atoms with Crippen LogP contribution in [0.4, 0.5) is 0 Å². The van der Waals surface area contributed by atoms with Gasteiger partial charge in [0.15, 0.2) is 0 Å². The average Bonchev–Trinajstić information content (AvgIpc) is 3.37. The zero-order valence-corrected chi connectivity index (χ0v) is 34.7. The Morgan fingerprint density at radius 1 is 1.02 bits per heavy atom. The van der Waals surface area contributed by atoms with Crippen LogP contribution in [-0.2, 0) is 17.6 Å². The molecule has 3 aliphatic rings. The van der Waals surface area contributed by atoms with Crippen molar-refractivity contribution >= 4 is 5.97 Å². The molecular weight excluding hydrogens is 729 g/mol. The molecule has 9 heteroatoms. The molecule has 316 valence electrons. The van der Waals surface area contributed by atoms with E-state index in [0.29, 0.717) is 38.5 Å². The van der Waals surface area contributed by atoms with Crippen molar-refractivity contribution in [2.75, 3.05) is 6.61 Å². The number of phenolic OH excluding ortho intramolecular Hbond substituents is 1.